The highest BCUT2D eigenvalue weighted by Gasteiger charge is 2.59. The van der Waals surface area contributed by atoms with Crippen LogP contribution in [-0.4, -0.2) is 12.9 Å². The molecule has 0 radical (unpaired) electrons. The number of methoxy groups -OCH3 is 1. The van der Waals surface area contributed by atoms with Crippen LogP contribution < -0.4 is 0 Å². The Hall–Kier alpha value is -2.61. The minimum Gasteiger partial charge on any atom is -0.496 e. The fourth-order valence-corrected chi connectivity index (χ4v) is 5.18. The highest BCUT2D eigenvalue weighted by atomic mass is 16.5. The quantitative estimate of drug-likeness (QED) is 0.198. The number of carbonyl (C=O) groups excluding carboxylic acids is 1. The first kappa shape index (κ1) is 30.6. The topological polar surface area (TPSA) is 26.3 Å². The molecular weight excluding hydrogens is 452 g/mol. The van der Waals surface area contributed by atoms with Crippen LogP contribution in [0.3, 0.4) is 0 Å². The molecule has 0 aromatic heterocycles. The minimum atomic E-state index is -0.156. The van der Waals surface area contributed by atoms with E-state index in [1.807, 2.05) is 6.08 Å². The first-order valence-electron chi connectivity index (χ1n) is 14.1. The molecule has 2 rings (SSSR count). The van der Waals surface area contributed by atoms with Gasteiger partial charge in [-0.1, -0.05) is 89.1 Å². The van der Waals surface area contributed by atoms with Crippen molar-refractivity contribution in [2.24, 2.45) is 17.3 Å². The highest BCUT2D eigenvalue weighted by molar-refractivity contribution is 5.91. The van der Waals surface area contributed by atoms with Crippen molar-refractivity contribution >= 4 is 11.4 Å². The molecule has 2 heteroatoms. The number of carbonyl (C=O) groups is 1. The molecule has 0 spiro atoms. The lowest BCUT2D eigenvalue weighted by molar-refractivity contribution is -0.128. The van der Waals surface area contributed by atoms with E-state index in [-0.39, 0.29) is 11.3 Å². The number of hydrogen-bond donors (Lipinski definition) is 0. The Kier molecular flexibility index (Phi) is 11.0. The van der Waals surface area contributed by atoms with Crippen LogP contribution >= 0.6 is 0 Å². The van der Waals surface area contributed by atoms with Gasteiger partial charge in [0.25, 0.3) is 0 Å². The third-order valence-corrected chi connectivity index (χ3v) is 8.45. The maximum absolute atomic E-state index is 13.2. The molecule has 0 amide bonds. The standard InChI is InChI=1S/C35H50O2/c1-12-19-35(34(36)25(8)13-2)22-32(35)30-17-15-29(16-18-30)28(14-3)20-31(26(9)23(4)5)21-33(37-11)27(10)24(6)7/h14-18,20-21,23,25,32H,3,12-13,19,22H2,1-2,4-11H3/b28-20+,31-26+,33-21+. The third kappa shape index (κ3) is 7.03. The normalized spacial score (nSPS) is 21.3. The molecule has 0 aliphatic heterocycles. The van der Waals surface area contributed by atoms with Gasteiger partial charge in [0.15, 0.2) is 0 Å². The van der Waals surface area contributed by atoms with E-state index < -0.39 is 0 Å². The van der Waals surface area contributed by atoms with Crippen LogP contribution in [-0.2, 0) is 9.53 Å². The number of hydrogen-bond acceptors (Lipinski definition) is 2. The van der Waals surface area contributed by atoms with Gasteiger partial charge in [-0.2, -0.15) is 0 Å². The molecule has 1 saturated carbocycles. The maximum atomic E-state index is 13.2. The molecule has 1 aromatic rings. The van der Waals surface area contributed by atoms with Crippen LogP contribution in [0.25, 0.3) is 5.57 Å². The third-order valence-electron chi connectivity index (χ3n) is 8.45. The first-order chi connectivity index (χ1) is 17.5. The number of Topliss-reactive ketones (excluding diaryl/α,β-unsaturated/α-hetero) is 1. The van der Waals surface area contributed by atoms with E-state index >= 15 is 0 Å². The average Bonchev–Trinajstić information content (AvgIpc) is 3.62. The number of rotatable bonds is 13. The Balaban J connectivity index is 2.46. The lowest BCUT2D eigenvalue weighted by Gasteiger charge is -2.20. The van der Waals surface area contributed by atoms with Gasteiger partial charge in [0.05, 0.1) is 7.11 Å². The fourth-order valence-electron chi connectivity index (χ4n) is 5.18. The number of ketones is 1. The van der Waals surface area contributed by atoms with Crippen LogP contribution in [0.15, 0.2) is 77.1 Å². The number of benzene rings is 1. The van der Waals surface area contributed by atoms with E-state index in [1.165, 1.54) is 16.7 Å². The van der Waals surface area contributed by atoms with Crippen molar-refractivity contribution in [2.45, 2.75) is 93.9 Å². The van der Waals surface area contributed by atoms with Gasteiger partial charge in [-0.05, 0) is 98.8 Å². The van der Waals surface area contributed by atoms with Gasteiger partial charge in [0, 0.05) is 11.3 Å². The molecule has 0 heterocycles. The second kappa shape index (κ2) is 13.3. The first-order valence-corrected chi connectivity index (χ1v) is 14.1. The summed E-state index contributed by atoms with van der Waals surface area (Å²) in [6.07, 6.45) is 10.3. The molecule has 202 valence electrons. The zero-order chi connectivity index (χ0) is 27.9. The Bertz CT molecular complexity index is 1090. The van der Waals surface area contributed by atoms with Crippen molar-refractivity contribution in [2.75, 3.05) is 7.11 Å². The Morgan fingerprint density at radius 3 is 2.16 bits per heavy atom. The summed E-state index contributed by atoms with van der Waals surface area (Å²) in [5.74, 6) is 2.24. The van der Waals surface area contributed by atoms with Crippen molar-refractivity contribution in [3.63, 3.8) is 0 Å². The zero-order valence-electron chi connectivity index (χ0n) is 25.1. The van der Waals surface area contributed by atoms with Gasteiger partial charge in [-0.25, -0.2) is 0 Å². The van der Waals surface area contributed by atoms with Gasteiger partial charge in [0.2, 0.25) is 0 Å². The fraction of sp³-hybridized carbons (Fsp3) is 0.514. The van der Waals surface area contributed by atoms with Gasteiger partial charge in [-0.3, -0.25) is 4.79 Å². The Labute approximate surface area is 227 Å². The Morgan fingerprint density at radius 2 is 1.70 bits per heavy atom. The summed E-state index contributed by atoms with van der Waals surface area (Å²) in [5.41, 5.74) is 8.19. The molecule has 3 atom stereocenters. The molecule has 1 aliphatic rings. The number of allylic oxidation sites excluding steroid dienone is 8. The smallest absolute Gasteiger partial charge is 0.142 e. The van der Waals surface area contributed by atoms with Gasteiger partial charge >= 0.3 is 0 Å². The van der Waals surface area contributed by atoms with E-state index in [0.717, 1.165) is 53.7 Å². The van der Waals surface area contributed by atoms with E-state index in [1.54, 1.807) is 7.11 Å². The molecule has 1 aromatic carbocycles. The summed E-state index contributed by atoms with van der Waals surface area (Å²) < 4.78 is 5.77. The molecule has 3 unspecified atom stereocenters. The second-order valence-electron chi connectivity index (χ2n) is 11.4. The summed E-state index contributed by atoms with van der Waals surface area (Å²) in [6, 6.07) is 8.83. The maximum Gasteiger partial charge on any atom is 0.142 e. The molecule has 0 bridgehead atoms. The SMILES string of the molecule is C=C\C(=C/C(/C=C(/OC)C(C)=C(C)C)=C(/C)C(C)C)c1ccc(C2CC2(CCC)C(=O)C(C)CC)cc1. The van der Waals surface area contributed by atoms with Gasteiger partial charge < -0.3 is 4.74 Å². The van der Waals surface area contributed by atoms with E-state index in [2.05, 4.69) is 105 Å². The summed E-state index contributed by atoms with van der Waals surface area (Å²) >= 11 is 0. The van der Waals surface area contributed by atoms with E-state index in [4.69, 9.17) is 4.74 Å². The molecule has 0 N–H and O–H groups in total. The summed E-state index contributed by atoms with van der Waals surface area (Å²) in [7, 11) is 1.74. The molecule has 1 aliphatic carbocycles. The predicted molar refractivity (Wildman–Crippen MR) is 160 cm³/mol. The molecule has 37 heavy (non-hydrogen) atoms. The summed E-state index contributed by atoms with van der Waals surface area (Å²) in [6.45, 7) is 23.5. The number of ether oxygens (including phenoxy) is 1. The molecule has 2 nitrogen and oxygen atoms in total. The monoisotopic (exact) mass is 502 g/mol. The van der Waals surface area contributed by atoms with Crippen LogP contribution in [0.1, 0.15) is 105 Å². The van der Waals surface area contributed by atoms with Gasteiger partial charge in [-0.15, -0.1) is 0 Å². The van der Waals surface area contributed by atoms with E-state index in [9.17, 15) is 4.79 Å². The van der Waals surface area contributed by atoms with Crippen molar-refractivity contribution < 1.29 is 9.53 Å². The van der Waals surface area contributed by atoms with Crippen LogP contribution in [0.2, 0.25) is 0 Å². The zero-order valence-corrected chi connectivity index (χ0v) is 25.1. The van der Waals surface area contributed by atoms with Crippen molar-refractivity contribution in [3.05, 3.63) is 88.3 Å². The largest absolute Gasteiger partial charge is 0.496 e. The lowest BCUT2D eigenvalue weighted by Crippen LogP contribution is -2.24. The van der Waals surface area contributed by atoms with Crippen LogP contribution in [0.4, 0.5) is 0 Å². The van der Waals surface area contributed by atoms with Crippen LogP contribution in [0, 0.1) is 17.3 Å². The van der Waals surface area contributed by atoms with Crippen LogP contribution in [0.5, 0.6) is 0 Å². The summed E-state index contributed by atoms with van der Waals surface area (Å²) in [4.78, 5) is 13.2. The van der Waals surface area contributed by atoms with Crippen molar-refractivity contribution in [3.8, 4) is 0 Å². The van der Waals surface area contributed by atoms with Gasteiger partial charge in [0.1, 0.15) is 11.5 Å². The molecule has 1 fully saturated rings. The molecular formula is C35H50O2. The Morgan fingerprint density at radius 1 is 1.08 bits per heavy atom. The summed E-state index contributed by atoms with van der Waals surface area (Å²) in [5, 5.41) is 0. The second-order valence-corrected chi connectivity index (χ2v) is 11.4. The minimum absolute atomic E-state index is 0.139. The van der Waals surface area contributed by atoms with Crippen molar-refractivity contribution in [1.82, 2.24) is 0 Å². The van der Waals surface area contributed by atoms with E-state index in [0.29, 0.717) is 17.6 Å². The molecule has 0 saturated heterocycles. The van der Waals surface area contributed by atoms with Crippen molar-refractivity contribution in [1.29, 1.82) is 0 Å². The highest BCUT2D eigenvalue weighted by Crippen LogP contribution is 2.63. The average molecular weight is 503 g/mol. The lowest BCUT2D eigenvalue weighted by atomic mass is 9.83. The predicted octanol–water partition coefficient (Wildman–Crippen LogP) is 10.0.